The van der Waals surface area contributed by atoms with Crippen LogP contribution in [0.4, 0.5) is 5.13 Å². The highest BCUT2D eigenvalue weighted by Crippen LogP contribution is 2.38. The van der Waals surface area contributed by atoms with Crippen LogP contribution in [-0.4, -0.2) is 4.98 Å². The molecule has 1 unspecified atom stereocenters. The van der Waals surface area contributed by atoms with Gasteiger partial charge in [-0.25, -0.2) is 4.98 Å². The first-order valence-electron chi connectivity index (χ1n) is 7.16. The van der Waals surface area contributed by atoms with Gasteiger partial charge in [-0.15, -0.1) is 11.3 Å². The monoisotopic (exact) mass is 295 g/mol. The van der Waals surface area contributed by atoms with Gasteiger partial charge in [-0.1, -0.05) is 36.4 Å². The summed E-state index contributed by atoms with van der Waals surface area (Å²) in [6, 6.07) is 15.0. The van der Waals surface area contributed by atoms with Gasteiger partial charge in [0.15, 0.2) is 5.13 Å². The molecule has 1 aromatic heterocycles. The van der Waals surface area contributed by atoms with Crippen LogP contribution in [0.25, 0.3) is 10.8 Å². The maximum Gasteiger partial charge on any atom is 0.180 e. The topological polar surface area (TPSA) is 64.9 Å². The number of rotatable bonds is 1. The molecule has 1 atom stereocenters. The van der Waals surface area contributed by atoms with E-state index >= 15 is 0 Å². The van der Waals surface area contributed by atoms with Crippen molar-refractivity contribution in [3.05, 3.63) is 58.6 Å². The molecule has 0 saturated heterocycles. The van der Waals surface area contributed by atoms with Crippen LogP contribution in [-0.2, 0) is 18.4 Å². The average molecular weight is 295 g/mol. The average Bonchev–Trinajstić information content (AvgIpc) is 2.86. The maximum atomic E-state index is 6.73. The minimum Gasteiger partial charge on any atom is -0.375 e. The molecule has 0 saturated carbocycles. The van der Waals surface area contributed by atoms with Crippen molar-refractivity contribution in [2.75, 3.05) is 5.73 Å². The molecule has 0 spiro atoms. The number of hydrogen-bond acceptors (Lipinski definition) is 4. The molecule has 0 amide bonds. The predicted molar refractivity (Wildman–Crippen MR) is 88.4 cm³/mol. The molecule has 1 aliphatic carbocycles. The van der Waals surface area contributed by atoms with Crippen LogP contribution in [0, 0.1) is 0 Å². The van der Waals surface area contributed by atoms with Crippen LogP contribution in [0.3, 0.4) is 0 Å². The van der Waals surface area contributed by atoms with Crippen LogP contribution >= 0.6 is 11.3 Å². The minimum atomic E-state index is -0.310. The van der Waals surface area contributed by atoms with E-state index in [1.54, 1.807) is 11.3 Å². The van der Waals surface area contributed by atoms with Gasteiger partial charge in [-0.05, 0) is 35.2 Å². The molecule has 0 bridgehead atoms. The molecular formula is C17H17N3S. The lowest BCUT2D eigenvalue weighted by atomic mass is 9.78. The third kappa shape index (κ3) is 2.11. The lowest BCUT2D eigenvalue weighted by Crippen LogP contribution is -2.41. The zero-order valence-corrected chi connectivity index (χ0v) is 12.5. The molecule has 2 aromatic carbocycles. The van der Waals surface area contributed by atoms with E-state index in [4.69, 9.17) is 11.5 Å². The number of benzene rings is 2. The number of fused-ring (bicyclic) bond motifs is 2. The van der Waals surface area contributed by atoms with Crippen LogP contribution < -0.4 is 11.5 Å². The summed E-state index contributed by atoms with van der Waals surface area (Å²) in [4.78, 5) is 5.65. The molecule has 3 aromatic rings. The number of nitrogens with two attached hydrogens (primary N) is 2. The summed E-state index contributed by atoms with van der Waals surface area (Å²) in [7, 11) is 0. The SMILES string of the molecule is Nc1nc2c(s1)CC(N)(c1ccc3ccccc3c1)CC2. The molecular weight excluding hydrogens is 278 g/mol. The van der Waals surface area contributed by atoms with Crippen molar-refractivity contribution in [3.63, 3.8) is 0 Å². The number of aromatic nitrogens is 1. The Labute approximate surface area is 127 Å². The van der Waals surface area contributed by atoms with Gasteiger partial charge in [0, 0.05) is 16.8 Å². The van der Waals surface area contributed by atoms with E-state index in [1.807, 2.05) is 0 Å². The highest BCUT2D eigenvalue weighted by Gasteiger charge is 2.34. The Balaban J connectivity index is 1.77. The van der Waals surface area contributed by atoms with Crippen molar-refractivity contribution < 1.29 is 0 Å². The molecule has 4 N–H and O–H groups in total. The molecule has 0 aliphatic heterocycles. The standard InChI is InChI=1S/C17H17N3S/c18-16-20-14-7-8-17(19,10-15(14)21-16)13-6-5-11-3-1-2-4-12(11)9-13/h1-6,9H,7-8,10,19H2,(H2,18,20). The molecule has 106 valence electrons. The molecule has 1 heterocycles. The summed E-state index contributed by atoms with van der Waals surface area (Å²) in [6.45, 7) is 0. The summed E-state index contributed by atoms with van der Waals surface area (Å²) >= 11 is 1.58. The van der Waals surface area contributed by atoms with E-state index in [2.05, 4.69) is 47.4 Å². The summed E-state index contributed by atoms with van der Waals surface area (Å²) in [5.41, 5.74) is 14.6. The number of anilines is 1. The third-order valence-corrected chi connectivity index (χ3v) is 5.33. The van der Waals surface area contributed by atoms with Crippen LogP contribution in [0.15, 0.2) is 42.5 Å². The minimum absolute atomic E-state index is 0.310. The van der Waals surface area contributed by atoms with Crippen LogP contribution in [0.2, 0.25) is 0 Å². The van der Waals surface area contributed by atoms with Gasteiger partial charge >= 0.3 is 0 Å². The first kappa shape index (κ1) is 12.8. The normalized spacial score (nSPS) is 21.4. The molecule has 3 nitrogen and oxygen atoms in total. The predicted octanol–water partition coefficient (Wildman–Crippen LogP) is 3.22. The Morgan fingerprint density at radius 2 is 1.90 bits per heavy atom. The van der Waals surface area contributed by atoms with Crippen molar-refractivity contribution in [1.29, 1.82) is 0 Å². The Hall–Kier alpha value is -1.91. The summed E-state index contributed by atoms with van der Waals surface area (Å²) < 4.78 is 0. The second kappa shape index (κ2) is 4.55. The molecule has 1 aliphatic rings. The van der Waals surface area contributed by atoms with Gasteiger partial charge in [0.2, 0.25) is 0 Å². The lowest BCUT2D eigenvalue weighted by Gasteiger charge is -2.33. The molecule has 4 rings (SSSR count). The molecule has 0 fully saturated rings. The molecule has 21 heavy (non-hydrogen) atoms. The fraction of sp³-hybridized carbons (Fsp3) is 0.235. The van der Waals surface area contributed by atoms with E-state index in [0.717, 1.165) is 25.0 Å². The largest absolute Gasteiger partial charge is 0.375 e. The Morgan fingerprint density at radius 3 is 2.76 bits per heavy atom. The van der Waals surface area contributed by atoms with Crippen molar-refractivity contribution >= 4 is 27.2 Å². The summed E-state index contributed by atoms with van der Waals surface area (Å²) in [6.07, 6.45) is 2.66. The van der Waals surface area contributed by atoms with Gasteiger partial charge in [0.1, 0.15) is 0 Å². The quantitative estimate of drug-likeness (QED) is 0.724. The second-order valence-electron chi connectivity index (χ2n) is 5.82. The van der Waals surface area contributed by atoms with E-state index < -0.39 is 0 Å². The first-order valence-corrected chi connectivity index (χ1v) is 7.98. The Bertz CT molecular complexity index is 824. The lowest BCUT2D eigenvalue weighted by molar-refractivity contribution is 0.387. The van der Waals surface area contributed by atoms with E-state index in [-0.39, 0.29) is 5.54 Å². The van der Waals surface area contributed by atoms with Gasteiger partial charge in [-0.3, -0.25) is 0 Å². The maximum absolute atomic E-state index is 6.73. The van der Waals surface area contributed by atoms with E-state index in [1.165, 1.54) is 21.2 Å². The number of hydrogen-bond donors (Lipinski definition) is 2. The number of aryl methyl sites for hydroxylation is 1. The summed E-state index contributed by atoms with van der Waals surface area (Å²) in [5.74, 6) is 0. The fourth-order valence-electron chi connectivity index (χ4n) is 3.20. The number of nitrogen functional groups attached to an aromatic ring is 1. The number of thiazole rings is 1. The molecule has 4 heteroatoms. The number of nitrogens with zero attached hydrogens (tertiary/aromatic N) is 1. The van der Waals surface area contributed by atoms with Gasteiger partial charge in [0.05, 0.1) is 5.69 Å². The smallest absolute Gasteiger partial charge is 0.180 e. The van der Waals surface area contributed by atoms with Gasteiger partial charge in [-0.2, -0.15) is 0 Å². The zero-order chi connectivity index (χ0) is 14.4. The van der Waals surface area contributed by atoms with Crippen molar-refractivity contribution in [3.8, 4) is 0 Å². The van der Waals surface area contributed by atoms with Gasteiger partial charge in [0.25, 0.3) is 0 Å². The van der Waals surface area contributed by atoms with Gasteiger partial charge < -0.3 is 11.5 Å². The van der Waals surface area contributed by atoms with E-state index in [0.29, 0.717) is 5.13 Å². The zero-order valence-electron chi connectivity index (χ0n) is 11.7. The highest BCUT2D eigenvalue weighted by atomic mass is 32.1. The van der Waals surface area contributed by atoms with Crippen molar-refractivity contribution in [2.24, 2.45) is 5.73 Å². The Kier molecular flexibility index (Phi) is 2.77. The fourth-order valence-corrected chi connectivity index (χ4v) is 4.20. The van der Waals surface area contributed by atoms with Crippen LogP contribution in [0.5, 0.6) is 0 Å². The second-order valence-corrected chi connectivity index (χ2v) is 6.93. The first-order chi connectivity index (χ1) is 10.1. The van der Waals surface area contributed by atoms with Crippen molar-refractivity contribution in [1.82, 2.24) is 4.98 Å². The third-order valence-electron chi connectivity index (χ3n) is 4.40. The summed E-state index contributed by atoms with van der Waals surface area (Å²) in [5, 5.41) is 3.15. The van der Waals surface area contributed by atoms with Crippen molar-refractivity contribution in [2.45, 2.75) is 24.8 Å². The Morgan fingerprint density at radius 1 is 1.10 bits per heavy atom. The van der Waals surface area contributed by atoms with E-state index in [9.17, 15) is 0 Å². The highest BCUT2D eigenvalue weighted by molar-refractivity contribution is 7.15. The molecule has 0 radical (unpaired) electrons. The van der Waals surface area contributed by atoms with Crippen LogP contribution in [0.1, 0.15) is 22.6 Å².